The average molecular weight is 399 g/mol. The Kier molecular flexibility index (Phi) is 13.6. The van der Waals surface area contributed by atoms with E-state index >= 15 is 0 Å². The van der Waals surface area contributed by atoms with Gasteiger partial charge in [0.1, 0.15) is 0 Å². The van der Waals surface area contributed by atoms with Crippen molar-refractivity contribution in [2.75, 3.05) is 32.1 Å². The molecule has 0 unspecified atom stereocenters. The monoisotopic (exact) mass is 399 g/mol. The molecule has 0 aromatic heterocycles. The normalized spacial score (nSPS) is 16.2. The first-order valence-corrected chi connectivity index (χ1v) is 8.69. The fourth-order valence-corrected chi connectivity index (χ4v) is 2.86. The van der Waals surface area contributed by atoms with Crippen LogP contribution in [0.2, 0.25) is 0 Å². The average Bonchev–Trinajstić information content (AvgIpc) is 2.89. The maximum Gasteiger partial charge on any atom is 0.191 e. The lowest BCUT2D eigenvalue weighted by Crippen LogP contribution is -2.38. The third-order valence-corrected chi connectivity index (χ3v) is 4.24. The van der Waals surface area contributed by atoms with Crippen molar-refractivity contribution in [3.05, 3.63) is 0 Å². The summed E-state index contributed by atoms with van der Waals surface area (Å²) < 4.78 is 0. The summed E-state index contributed by atoms with van der Waals surface area (Å²) in [6.07, 6.45) is 12.1. The number of halogens is 1. The van der Waals surface area contributed by atoms with Crippen LogP contribution >= 0.6 is 35.7 Å². The number of thioether (sulfide) groups is 1. The van der Waals surface area contributed by atoms with Crippen LogP contribution in [0.1, 0.15) is 44.9 Å². The lowest BCUT2D eigenvalue weighted by atomic mass is 10.0. The van der Waals surface area contributed by atoms with E-state index in [9.17, 15) is 0 Å². The van der Waals surface area contributed by atoms with E-state index in [-0.39, 0.29) is 24.0 Å². The number of nitrogens with zero attached hydrogens (tertiary/aromatic N) is 1. The smallest absolute Gasteiger partial charge is 0.191 e. The number of rotatable bonds is 8. The van der Waals surface area contributed by atoms with Crippen molar-refractivity contribution >= 4 is 41.7 Å². The Morgan fingerprint density at radius 1 is 1.16 bits per heavy atom. The Balaban J connectivity index is 0.00000324. The second-order valence-electron chi connectivity index (χ2n) is 5.06. The van der Waals surface area contributed by atoms with Gasteiger partial charge in [0.05, 0.1) is 0 Å². The molecule has 3 nitrogen and oxygen atoms in total. The number of guanidine groups is 1. The maximum absolute atomic E-state index is 4.22. The van der Waals surface area contributed by atoms with Gasteiger partial charge in [-0.05, 0) is 18.6 Å². The summed E-state index contributed by atoms with van der Waals surface area (Å²) in [5, 5.41) is 6.70. The van der Waals surface area contributed by atoms with E-state index in [4.69, 9.17) is 0 Å². The molecule has 0 spiro atoms. The molecule has 0 heterocycles. The van der Waals surface area contributed by atoms with Crippen LogP contribution < -0.4 is 10.6 Å². The zero-order valence-electron chi connectivity index (χ0n) is 12.4. The van der Waals surface area contributed by atoms with Gasteiger partial charge in [0.2, 0.25) is 0 Å². The van der Waals surface area contributed by atoms with Crippen molar-refractivity contribution in [2.24, 2.45) is 10.9 Å². The van der Waals surface area contributed by atoms with Crippen molar-refractivity contribution in [3.63, 3.8) is 0 Å². The molecule has 0 saturated heterocycles. The quantitative estimate of drug-likeness (QED) is 0.284. The highest BCUT2D eigenvalue weighted by Crippen LogP contribution is 2.28. The van der Waals surface area contributed by atoms with Gasteiger partial charge in [0, 0.05) is 25.9 Å². The van der Waals surface area contributed by atoms with Crippen LogP contribution in [0.25, 0.3) is 0 Å². The zero-order chi connectivity index (χ0) is 13.1. The molecule has 0 aromatic rings. The summed E-state index contributed by atoms with van der Waals surface area (Å²) in [6.45, 7) is 2.04. The van der Waals surface area contributed by atoms with Crippen LogP contribution in [0.5, 0.6) is 0 Å². The molecule has 0 radical (unpaired) electrons. The van der Waals surface area contributed by atoms with Gasteiger partial charge >= 0.3 is 0 Å². The molecule has 1 saturated carbocycles. The van der Waals surface area contributed by atoms with E-state index in [1.807, 2.05) is 18.8 Å². The molecular weight excluding hydrogens is 369 g/mol. The van der Waals surface area contributed by atoms with Gasteiger partial charge in [-0.1, -0.05) is 38.5 Å². The van der Waals surface area contributed by atoms with Crippen LogP contribution in [0, 0.1) is 5.92 Å². The summed E-state index contributed by atoms with van der Waals surface area (Å²) >= 11 is 1.85. The first kappa shape index (κ1) is 19.4. The number of unbranched alkanes of at least 4 members (excludes halogenated alkanes) is 1. The molecule has 1 fully saturated rings. The highest BCUT2D eigenvalue weighted by Gasteiger charge is 2.13. The lowest BCUT2D eigenvalue weighted by molar-refractivity contribution is 0.472. The van der Waals surface area contributed by atoms with Crippen molar-refractivity contribution in [1.82, 2.24) is 10.6 Å². The highest BCUT2D eigenvalue weighted by molar-refractivity contribution is 14.0. The molecule has 2 N–H and O–H groups in total. The van der Waals surface area contributed by atoms with Gasteiger partial charge in [-0.25, -0.2) is 0 Å². The summed E-state index contributed by atoms with van der Waals surface area (Å²) in [6, 6.07) is 0. The van der Waals surface area contributed by atoms with Gasteiger partial charge in [-0.3, -0.25) is 4.99 Å². The second-order valence-corrected chi connectivity index (χ2v) is 6.05. The Hall–Kier alpha value is 0.350. The van der Waals surface area contributed by atoms with Crippen LogP contribution in [0.15, 0.2) is 4.99 Å². The van der Waals surface area contributed by atoms with E-state index < -0.39 is 0 Å². The number of aliphatic imine (C=N–C) groups is 1. The van der Waals surface area contributed by atoms with Gasteiger partial charge in [-0.2, -0.15) is 11.8 Å². The first-order valence-electron chi connectivity index (χ1n) is 7.30. The SMILES string of the molecule is CN=C(NCCCCC1CCCC1)NCCSC.I. The Labute approximate surface area is 140 Å². The number of hydrogen-bond acceptors (Lipinski definition) is 2. The van der Waals surface area contributed by atoms with Crippen LogP contribution in [-0.2, 0) is 0 Å². The van der Waals surface area contributed by atoms with Crippen LogP contribution in [0.4, 0.5) is 0 Å². The van der Waals surface area contributed by atoms with Crippen molar-refractivity contribution < 1.29 is 0 Å². The van der Waals surface area contributed by atoms with E-state index in [1.165, 1.54) is 44.9 Å². The van der Waals surface area contributed by atoms with E-state index in [2.05, 4.69) is 21.9 Å². The summed E-state index contributed by atoms with van der Waals surface area (Å²) in [7, 11) is 1.84. The molecule has 0 amide bonds. The molecule has 1 aliphatic carbocycles. The number of hydrogen-bond donors (Lipinski definition) is 2. The Morgan fingerprint density at radius 2 is 1.84 bits per heavy atom. The summed E-state index contributed by atoms with van der Waals surface area (Å²) in [4.78, 5) is 4.22. The molecule has 1 aliphatic rings. The van der Waals surface area contributed by atoms with Crippen molar-refractivity contribution in [3.8, 4) is 0 Å². The fraction of sp³-hybridized carbons (Fsp3) is 0.929. The standard InChI is InChI=1S/C14H29N3S.HI/c1-15-14(17-11-12-18-2)16-10-6-5-9-13-7-3-4-8-13;/h13H,3-12H2,1-2H3,(H2,15,16,17);1H. The Bertz CT molecular complexity index is 231. The van der Waals surface area contributed by atoms with E-state index in [0.717, 1.165) is 30.7 Å². The molecule has 1 rings (SSSR count). The third-order valence-electron chi connectivity index (χ3n) is 3.63. The number of nitrogens with one attached hydrogen (secondary N) is 2. The van der Waals surface area contributed by atoms with Gasteiger partial charge in [0.25, 0.3) is 0 Å². The molecule has 0 bridgehead atoms. The van der Waals surface area contributed by atoms with Gasteiger partial charge in [-0.15, -0.1) is 24.0 Å². The maximum atomic E-state index is 4.22. The minimum absolute atomic E-state index is 0. The molecule has 0 atom stereocenters. The van der Waals surface area contributed by atoms with Crippen molar-refractivity contribution in [2.45, 2.75) is 44.9 Å². The third kappa shape index (κ3) is 9.82. The predicted octanol–water partition coefficient (Wildman–Crippen LogP) is 3.49. The fourth-order valence-electron chi connectivity index (χ4n) is 2.56. The van der Waals surface area contributed by atoms with Gasteiger partial charge in [0.15, 0.2) is 5.96 Å². The Morgan fingerprint density at radius 3 is 2.47 bits per heavy atom. The topological polar surface area (TPSA) is 36.4 Å². The van der Waals surface area contributed by atoms with E-state index in [0.29, 0.717) is 0 Å². The molecule has 5 heteroatoms. The summed E-state index contributed by atoms with van der Waals surface area (Å²) in [5.41, 5.74) is 0. The van der Waals surface area contributed by atoms with E-state index in [1.54, 1.807) is 0 Å². The highest BCUT2D eigenvalue weighted by atomic mass is 127. The van der Waals surface area contributed by atoms with Crippen molar-refractivity contribution in [1.29, 1.82) is 0 Å². The minimum Gasteiger partial charge on any atom is -0.356 e. The molecular formula is C14H30IN3S. The van der Waals surface area contributed by atoms with Gasteiger partial charge < -0.3 is 10.6 Å². The first-order chi connectivity index (χ1) is 8.86. The van der Waals surface area contributed by atoms with Crippen LogP contribution in [-0.4, -0.2) is 38.1 Å². The zero-order valence-corrected chi connectivity index (χ0v) is 15.6. The minimum atomic E-state index is 0. The lowest BCUT2D eigenvalue weighted by Gasteiger charge is -2.12. The summed E-state index contributed by atoms with van der Waals surface area (Å²) in [5.74, 6) is 3.11. The molecule has 0 aliphatic heterocycles. The second kappa shape index (κ2) is 13.3. The van der Waals surface area contributed by atoms with Crippen LogP contribution in [0.3, 0.4) is 0 Å². The molecule has 114 valence electrons. The largest absolute Gasteiger partial charge is 0.356 e. The molecule has 19 heavy (non-hydrogen) atoms. The predicted molar refractivity (Wildman–Crippen MR) is 99.0 cm³/mol. The molecule has 0 aromatic carbocycles.